The van der Waals surface area contributed by atoms with Crippen molar-refractivity contribution in [3.05, 3.63) is 102 Å². The molecule has 0 radical (unpaired) electrons. The molecule has 1 aliphatic heterocycles. The van der Waals surface area contributed by atoms with Crippen molar-refractivity contribution in [1.82, 2.24) is 10.2 Å². The van der Waals surface area contributed by atoms with E-state index in [4.69, 9.17) is 9.47 Å². The number of carbonyl (C=O) groups excluding carboxylic acids is 2. The SMILES string of the molecule is O=C(NCc1ccccc1)c1ccccc1OC(C(=O)N1CCOCC1)c1ccccc1. The van der Waals surface area contributed by atoms with Crippen molar-refractivity contribution in [2.75, 3.05) is 26.3 Å². The fourth-order valence-corrected chi connectivity index (χ4v) is 3.60. The maximum atomic E-state index is 13.3. The second-order valence-electron chi connectivity index (χ2n) is 7.51. The fraction of sp³-hybridized carbons (Fsp3) is 0.231. The number of hydrogen-bond acceptors (Lipinski definition) is 4. The molecule has 1 fully saturated rings. The molecule has 1 unspecified atom stereocenters. The van der Waals surface area contributed by atoms with E-state index in [1.807, 2.05) is 60.7 Å². The van der Waals surface area contributed by atoms with Crippen LogP contribution in [0.1, 0.15) is 27.6 Å². The van der Waals surface area contributed by atoms with Crippen molar-refractivity contribution in [2.45, 2.75) is 12.6 Å². The topological polar surface area (TPSA) is 67.9 Å². The molecular weight excluding hydrogens is 404 g/mol. The van der Waals surface area contributed by atoms with Gasteiger partial charge in [-0.2, -0.15) is 0 Å². The van der Waals surface area contributed by atoms with E-state index in [2.05, 4.69) is 5.32 Å². The van der Waals surface area contributed by atoms with Crippen molar-refractivity contribution >= 4 is 11.8 Å². The lowest BCUT2D eigenvalue weighted by atomic mass is 10.1. The summed E-state index contributed by atoms with van der Waals surface area (Å²) < 4.78 is 11.6. The first-order valence-corrected chi connectivity index (χ1v) is 10.7. The maximum absolute atomic E-state index is 13.3. The van der Waals surface area contributed by atoms with Gasteiger partial charge in [0, 0.05) is 25.2 Å². The van der Waals surface area contributed by atoms with E-state index in [0.717, 1.165) is 11.1 Å². The summed E-state index contributed by atoms with van der Waals surface area (Å²) in [4.78, 5) is 28.0. The van der Waals surface area contributed by atoms with Crippen molar-refractivity contribution < 1.29 is 19.1 Å². The summed E-state index contributed by atoms with van der Waals surface area (Å²) in [6, 6.07) is 26.1. The molecule has 0 aliphatic carbocycles. The first-order valence-electron chi connectivity index (χ1n) is 10.7. The van der Waals surface area contributed by atoms with E-state index in [1.54, 1.807) is 29.2 Å². The molecule has 0 bridgehead atoms. The molecule has 3 aromatic carbocycles. The van der Waals surface area contributed by atoms with Crippen LogP contribution in [0, 0.1) is 0 Å². The number of amides is 2. The number of ether oxygens (including phenoxy) is 2. The van der Waals surface area contributed by atoms with Crippen molar-refractivity contribution in [3.8, 4) is 5.75 Å². The molecule has 0 spiro atoms. The van der Waals surface area contributed by atoms with Crippen LogP contribution in [0.4, 0.5) is 0 Å². The molecule has 3 aromatic rings. The summed E-state index contributed by atoms with van der Waals surface area (Å²) in [7, 11) is 0. The minimum atomic E-state index is -0.850. The van der Waals surface area contributed by atoms with Crippen LogP contribution >= 0.6 is 0 Å². The first kappa shape index (κ1) is 21.6. The van der Waals surface area contributed by atoms with Gasteiger partial charge in [-0.1, -0.05) is 72.8 Å². The standard InChI is InChI=1S/C26H26N2O4/c29-25(27-19-20-9-3-1-4-10-20)22-13-7-8-14-23(22)32-24(21-11-5-2-6-12-21)26(30)28-15-17-31-18-16-28/h1-14,24H,15-19H2,(H,27,29). The van der Waals surface area contributed by atoms with E-state index >= 15 is 0 Å². The Morgan fingerprint density at radius 2 is 1.50 bits per heavy atom. The Hall–Kier alpha value is -3.64. The van der Waals surface area contributed by atoms with Gasteiger partial charge in [0.1, 0.15) is 5.75 Å². The zero-order chi connectivity index (χ0) is 22.2. The smallest absolute Gasteiger partial charge is 0.268 e. The Kier molecular flexibility index (Phi) is 7.15. The molecule has 2 amide bonds. The lowest BCUT2D eigenvalue weighted by Gasteiger charge is -2.31. The third-order valence-corrected chi connectivity index (χ3v) is 5.32. The summed E-state index contributed by atoms with van der Waals surface area (Å²) in [6.45, 7) is 2.45. The van der Waals surface area contributed by atoms with E-state index in [1.165, 1.54) is 0 Å². The van der Waals surface area contributed by atoms with Gasteiger partial charge in [0.15, 0.2) is 0 Å². The van der Waals surface area contributed by atoms with Gasteiger partial charge in [-0.05, 0) is 17.7 Å². The predicted molar refractivity (Wildman–Crippen MR) is 121 cm³/mol. The fourth-order valence-electron chi connectivity index (χ4n) is 3.60. The average molecular weight is 431 g/mol. The molecule has 0 aromatic heterocycles. The highest BCUT2D eigenvalue weighted by molar-refractivity contribution is 5.97. The van der Waals surface area contributed by atoms with Crippen LogP contribution in [0.15, 0.2) is 84.9 Å². The van der Waals surface area contributed by atoms with E-state index in [-0.39, 0.29) is 11.8 Å². The van der Waals surface area contributed by atoms with Gasteiger partial charge in [0.05, 0.1) is 18.8 Å². The average Bonchev–Trinajstić information content (AvgIpc) is 2.87. The Morgan fingerprint density at radius 3 is 2.22 bits per heavy atom. The molecule has 0 saturated carbocycles. The van der Waals surface area contributed by atoms with Gasteiger partial charge in [0.25, 0.3) is 11.8 Å². The van der Waals surface area contributed by atoms with Gasteiger partial charge in [0.2, 0.25) is 6.10 Å². The van der Waals surface area contributed by atoms with Crippen LogP contribution in [0.5, 0.6) is 5.75 Å². The van der Waals surface area contributed by atoms with Crippen molar-refractivity contribution in [1.29, 1.82) is 0 Å². The minimum Gasteiger partial charge on any atom is -0.475 e. The summed E-state index contributed by atoms with van der Waals surface area (Å²) in [5, 5.41) is 2.93. The minimum absolute atomic E-state index is 0.140. The number of carbonyl (C=O) groups is 2. The van der Waals surface area contributed by atoms with Gasteiger partial charge >= 0.3 is 0 Å². The van der Waals surface area contributed by atoms with E-state index in [9.17, 15) is 9.59 Å². The molecular formula is C26H26N2O4. The summed E-state index contributed by atoms with van der Waals surface area (Å²) in [6.07, 6.45) is -0.850. The Labute approximate surface area is 187 Å². The van der Waals surface area contributed by atoms with E-state index < -0.39 is 6.10 Å². The molecule has 164 valence electrons. The molecule has 6 heteroatoms. The Bertz CT molecular complexity index is 1030. The van der Waals surface area contributed by atoms with Crippen LogP contribution in [-0.2, 0) is 16.1 Å². The molecule has 1 aliphatic rings. The largest absolute Gasteiger partial charge is 0.475 e. The van der Waals surface area contributed by atoms with Crippen molar-refractivity contribution in [2.24, 2.45) is 0 Å². The van der Waals surface area contributed by atoms with Crippen LogP contribution in [-0.4, -0.2) is 43.0 Å². The summed E-state index contributed by atoms with van der Waals surface area (Å²) in [5.41, 5.74) is 2.13. The number of para-hydroxylation sites is 1. The molecule has 32 heavy (non-hydrogen) atoms. The molecule has 1 heterocycles. The molecule has 1 N–H and O–H groups in total. The second-order valence-corrected chi connectivity index (χ2v) is 7.51. The molecule has 4 rings (SSSR count). The number of rotatable bonds is 7. The van der Waals surface area contributed by atoms with Crippen LogP contribution in [0.25, 0.3) is 0 Å². The first-order chi connectivity index (χ1) is 15.7. The lowest BCUT2D eigenvalue weighted by Crippen LogP contribution is -2.44. The van der Waals surface area contributed by atoms with Crippen LogP contribution in [0.2, 0.25) is 0 Å². The van der Waals surface area contributed by atoms with E-state index in [0.29, 0.717) is 44.2 Å². The highest BCUT2D eigenvalue weighted by Gasteiger charge is 2.30. The van der Waals surface area contributed by atoms with Crippen LogP contribution < -0.4 is 10.1 Å². The Balaban J connectivity index is 1.55. The summed E-state index contributed by atoms with van der Waals surface area (Å²) >= 11 is 0. The molecule has 6 nitrogen and oxygen atoms in total. The quantitative estimate of drug-likeness (QED) is 0.622. The zero-order valence-electron chi connectivity index (χ0n) is 17.8. The summed E-state index contributed by atoms with van der Waals surface area (Å²) in [5.74, 6) is -0.0254. The highest BCUT2D eigenvalue weighted by atomic mass is 16.5. The normalized spacial score (nSPS) is 14.4. The van der Waals surface area contributed by atoms with Gasteiger partial charge in [-0.25, -0.2) is 0 Å². The Morgan fingerprint density at radius 1 is 0.875 bits per heavy atom. The third-order valence-electron chi connectivity index (χ3n) is 5.32. The third kappa shape index (κ3) is 5.34. The number of morpholine rings is 1. The second kappa shape index (κ2) is 10.6. The van der Waals surface area contributed by atoms with Crippen LogP contribution in [0.3, 0.4) is 0 Å². The monoisotopic (exact) mass is 430 g/mol. The predicted octanol–water partition coefficient (Wildman–Crippen LogP) is 3.60. The number of nitrogens with zero attached hydrogens (tertiary/aromatic N) is 1. The zero-order valence-corrected chi connectivity index (χ0v) is 17.8. The lowest BCUT2D eigenvalue weighted by molar-refractivity contribution is -0.143. The number of benzene rings is 3. The van der Waals surface area contributed by atoms with Gasteiger partial charge < -0.3 is 19.7 Å². The van der Waals surface area contributed by atoms with Gasteiger partial charge in [-0.3, -0.25) is 9.59 Å². The highest BCUT2D eigenvalue weighted by Crippen LogP contribution is 2.27. The number of nitrogens with one attached hydrogen (secondary N) is 1. The number of hydrogen-bond donors (Lipinski definition) is 1. The molecule has 1 atom stereocenters. The molecule has 1 saturated heterocycles. The van der Waals surface area contributed by atoms with Crippen molar-refractivity contribution in [3.63, 3.8) is 0 Å². The maximum Gasteiger partial charge on any atom is 0.268 e. The van der Waals surface area contributed by atoms with Gasteiger partial charge in [-0.15, -0.1) is 0 Å².